The van der Waals surface area contributed by atoms with Gasteiger partial charge in [0.2, 0.25) is 5.91 Å². The molecule has 6 nitrogen and oxygen atoms in total. The van der Waals surface area contributed by atoms with Crippen molar-refractivity contribution in [2.24, 2.45) is 0 Å². The molecule has 1 saturated heterocycles. The lowest BCUT2D eigenvalue weighted by Crippen LogP contribution is -2.59. The summed E-state index contributed by atoms with van der Waals surface area (Å²) >= 11 is 0. The van der Waals surface area contributed by atoms with Crippen LogP contribution in [0.5, 0.6) is 0 Å². The number of halogens is 1. The van der Waals surface area contributed by atoms with Gasteiger partial charge in [0.25, 0.3) is 5.91 Å². The van der Waals surface area contributed by atoms with Crippen LogP contribution in [-0.4, -0.2) is 46.9 Å². The number of hydrogen-bond donors (Lipinski definition) is 2. The second-order valence-electron chi connectivity index (χ2n) is 4.55. The van der Waals surface area contributed by atoms with Crippen LogP contribution in [0.15, 0.2) is 18.2 Å². The number of aryl methyl sites for hydroxylation is 1. The fourth-order valence-corrected chi connectivity index (χ4v) is 2.10. The smallest absolute Gasteiger partial charge is 0.328 e. The highest BCUT2D eigenvalue weighted by molar-refractivity contribution is 6.00. The highest BCUT2D eigenvalue weighted by atomic mass is 19.1. The quantitative estimate of drug-likeness (QED) is 0.808. The number of nitrogens with one attached hydrogen (secondary N) is 1. The number of piperazine rings is 1. The van der Waals surface area contributed by atoms with Gasteiger partial charge in [-0.1, -0.05) is 0 Å². The number of carboxylic acids is 1. The fourth-order valence-electron chi connectivity index (χ4n) is 2.10. The van der Waals surface area contributed by atoms with E-state index in [-0.39, 0.29) is 18.7 Å². The van der Waals surface area contributed by atoms with Crippen molar-refractivity contribution in [2.75, 3.05) is 13.1 Å². The van der Waals surface area contributed by atoms with E-state index < -0.39 is 29.6 Å². The Hall–Kier alpha value is -2.44. The lowest BCUT2D eigenvalue weighted by atomic mass is 10.1. The average Bonchev–Trinajstić information content (AvgIpc) is 2.37. The summed E-state index contributed by atoms with van der Waals surface area (Å²) in [7, 11) is 0. The molecule has 2 N–H and O–H groups in total. The first-order valence-electron chi connectivity index (χ1n) is 5.97. The van der Waals surface area contributed by atoms with Crippen LogP contribution in [0.3, 0.4) is 0 Å². The molecule has 2 rings (SSSR count). The summed E-state index contributed by atoms with van der Waals surface area (Å²) in [5, 5.41) is 11.5. The summed E-state index contributed by atoms with van der Waals surface area (Å²) in [6.45, 7) is 1.09. The molecule has 0 bridgehead atoms. The number of carbonyl (C=O) groups is 3. The first-order chi connectivity index (χ1) is 9.40. The summed E-state index contributed by atoms with van der Waals surface area (Å²) in [6, 6.07) is 2.48. The van der Waals surface area contributed by atoms with Gasteiger partial charge in [-0.3, -0.25) is 9.59 Å². The van der Waals surface area contributed by atoms with Crippen LogP contribution >= 0.6 is 0 Å². The second-order valence-corrected chi connectivity index (χ2v) is 4.55. The van der Waals surface area contributed by atoms with Gasteiger partial charge in [0.1, 0.15) is 18.4 Å². The minimum Gasteiger partial charge on any atom is -0.480 e. The van der Waals surface area contributed by atoms with Gasteiger partial charge in [-0.05, 0) is 30.7 Å². The molecule has 0 saturated carbocycles. The largest absolute Gasteiger partial charge is 0.480 e. The number of nitrogens with zero attached hydrogens (tertiary/aromatic N) is 1. The van der Waals surface area contributed by atoms with Gasteiger partial charge in [-0.15, -0.1) is 0 Å². The standard InChI is InChI=1S/C13H13FN2O4/c1-7-4-8(14)2-3-9(7)12(18)16-6-11(17)15-5-10(16)13(19)20/h2-4,10H,5-6H2,1H3,(H,15,17)(H,19,20). The molecule has 1 aliphatic heterocycles. The molecular formula is C13H13FN2O4. The van der Waals surface area contributed by atoms with Crippen LogP contribution in [0.2, 0.25) is 0 Å². The van der Waals surface area contributed by atoms with Crippen LogP contribution in [0.4, 0.5) is 4.39 Å². The molecule has 1 heterocycles. The third-order valence-electron chi connectivity index (χ3n) is 3.15. The van der Waals surface area contributed by atoms with Crippen molar-refractivity contribution >= 4 is 17.8 Å². The van der Waals surface area contributed by atoms with Crippen molar-refractivity contribution in [1.29, 1.82) is 0 Å². The molecule has 1 fully saturated rings. The third-order valence-corrected chi connectivity index (χ3v) is 3.15. The van der Waals surface area contributed by atoms with Gasteiger partial charge in [0.15, 0.2) is 0 Å². The highest BCUT2D eigenvalue weighted by Gasteiger charge is 2.35. The van der Waals surface area contributed by atoms with Crippen LogP contribution in [-0.2, 0) is 9.59 Å². The maximum atomic E-state index is 13.0. The Kier molecular flexibility index (Phi) is 3.69. The second kappa shape index (κ2) is 5.28. The number of carboxylic acid groups (broad SMARTS) is 1. The Bertz CT molecular complexity index is 588. The maximum Gasteiger partial charge on any atom is 0.328 e. The molecule has 1 aromatic rings. The molecule has 0 radical (unpaired) electrons. The topological polar surface area (TPSA) is 86.7 Å². The number of rotatable bonds is 2. The minimum absolute atomic E-state index is 0.139. The Morgan fingerprint density at radius 2 is 2.15 bits per heavy atom. The summed E-state index contributed by atoms with van der Waals surface area (Å²) in [6.07, 6.45) is 0. The van der Waals surface area contributed by atoms with E-state index in [1.807, 2.05) is 0 Å². The summed E-state index contributed by atoms with van der Waals surface area (Å²) in [5.41, 5.74) is 0.581. The monoisotopic (exact) mass is 280 g/mol. The molecule has 0 aliphatic carbocycles. The zero-order valence-corrected chi connectivity index (χ0v) is 10.7. The molecule has 1 unspecified atom stereocenters. The number of hydrogen-bond acceptors (Lipinski definition) is 3. The molecule has 2 amide bonds. The Labute approximate surface area is 114 Å². The Morgan fingerprint density at radius 1 is 1.45 bits per heavy atom. The molecule has 106 valence electrons. The lowest BCUT2D eigenvalue weighted by molar-refractivity contribution is -0.144. The van der Waals surface area contributed by atoms with E-state index >= 15 is 0 Å². The molecule has 0 aromatic heterocycles. The number of carbonyl (C=O) groups excluding carboxylic acids is 2. The lowest BCUT2D eigenvalue weighted by Gasteiger charge is -2.33. The van der Waals surface area contributed by atoms with Gasteiger partial charge in [-0.25, -0.2) is 9.18 Å². The zero-order chi connectivity index (χ0) is 14.9. The highest BCUT2D eigenvalue weighted by Crippen LogP contribution is 2.16. The van der Waals surface area contributed by atoms with E-state index in [2.05, 4.69) is 5.32 Å². The number of amides is 2. The first kappa shape index (κ1) is 14.0. The maximum absolute atomic E-state index is 13.0. The van der Waals surface area contributed by atoms with E-state index in [9.17, 15) is 18.8 Å². The number of benzene rings is 1. The van der Waals surface area contributed by atoms with E-state index in [0.29, 0.717) is 5.56 Å². The number of aliphatic carboxylic acids is 1. The van der Waals surface area contributed by atoms with Crippen molar-refractivity contribution in [3.63, 3.8) is 0 Å². The molecule has 1 aromatic carbocycles. The molecule has 7 heteroatoms. The van der Waals surface area contributed by atoms with E-state index in [1.165, 1.54) is 12.1 Å². The first-order valence-corrected chi connectivity index (χ1v) is 5.97. The summed E-state index contributed by atoms with van der Waals surface area (Å²) < 4.78 is 13.0. The van der Waals surface area contributed by atoms with Gasteiger partial charge in [0.05, 0.1) is 0 Å². The van der Waals surface area contributed by atoms with Crippen LogP contribution in [0.1, 0.15) is 15.9 Å². The van der Waals surface area contributed by atoms with Gasteiger partial charge >= 0.3 is 5.97 Å². The zero-order valence-electron chi connectivity index (χ0n) is 10.7. The summed E-state index contributed by atoms with van der Waals surface area (Å²) in [5.74, 6) is -2.69. The van der Waals surface area contributed by atoms with Crippen molar-refractivity contribution < 1.29 is 23.9 Å². The predicted molar refractivity (Wildman–Crippen MR) is 66.6 cm³/mol. The third kappa shape index (κ3) is 2.61. The molecule has 1 atom stereocenters. The van der Waals surface area contributed by atoms with Gasteiger partial charge < -0.3 is 15.3 Å². The van der Waals surface area contributed by atoms with Crippen LogP contribution in [0, 0.1) is 12.7 Å². The van der Waals surface area contributed by atoms with Crippen molar-refractivity contribution in [1.82, 2.24) is 10.2 Å². The van der Waals surface area contributed by atoms with Gasteiger partial charge in [0, 0.05) is 12.1 Å². The van der Waals surface area contributed by atoms with Crippen LogP contribution in [0.25, 0.3) is 0 Å². The molecule has 20 heavy (non-hydrogen) atoms. The SMILES string of the molecule is Cc1cc(F)ccc1C(=O)N1CC(=O)NCC1C(=O)O. The van der Waals surface area contributed by atoms with Crippen molar-refractivity contribution in [3.05, 3.63) is 35.1 Å². The molecular weight excluding hydrogens is 267 g/mol. The normalized spacial score (nSPS) is 18.6. The van der Waals surface area contributed by atoms with Crippen LogP contribution < -0.4 is 5.32 Å². The fraction of sp³-hybridized carbons (Fsp3) is 0.308. The molecule has 0 spiro atoms. The summed E-state index contributed by atoms with van der Waals surface area (Å²) in [4.78, 5) is 35.8. The predicted octanol–water partition coefficient (Wildman–Crippen LogP) is 0.159. The van der Waals surface area contributed by atoms with E-state index in [1.54, 1.807) is 6.92 Å². The Balaban J connectivity index is 2.33. The Morgan fingerprint density at radius 3 is 2.75 bits per heavy atom. The van der Waals surface area contributed by atoms with E-state index in [0.717, 1.165) is 11.0 Å². The minimum atomic E-state index is -1.20. The van der Waals surface area contributed by atoms with Crippen molar-refractivity contribution in [2.45, 2.75) is 13.0 Å². The molecule has 1 aliphatic rings. The average molecular weight is 280 g/mol. The van der Waals surface area contributed by atoms with E-state index in [4.69, 9.17) is 5.11 Å². The van der Waals surface area contributed by atoms with Gasteiger partial charge in [-0.2, -0.15) is 0 Å². The van der Waals surface area contributed by atoms with Crippen molar-refractivity contribution in [3.8, 4) is 0 Å².